The number of carbonyl (C=O) groups excluding carboxylic acids is 4. The van der Waals surface area contributed by atoms with Gasteiger partial charge in [0.05, 0.1) is 35.4 Å². The first kappa shape index (κ1) is 49.4. The summed E-state index contributed by atoms with van der Waals surface area (Å²) in [7, 11) is 0. The number of benzene rings is 1. The summed E-state index contributed by atoms with van der Waals surface area (Å²) in [5.74, 6) is -3.08. The third-order valence-corrected chi connectivity index (χ3v) is 9.70. The van der Waals surface area contributed by atoms with Gasteiger partial charge < -0.3 is 45.0 Å². The van der Waals surface area contributed by atoms with Gasteiger partial charge in [-0.3, -0.25) is 29.8 Å². The maximum Gasteiger partial charge on any atom is 0.249 e. The van der Waals surface area contributed by atoms with Crippen LogP contribution < -0.4 is 26.0 Å². The number of carbonyl (C=O) groups is 5. The van der Waals surface area contributed by atoms with E-state index in [2.05, 4.69) is 25.5 Å². The molecule has 1 radical (unpaired) electrons. The van der Waals surface area contributed by atoms with Gasteiger partial charge in [0, 0.05) is 71.5 Å². The topological polar surface area (TPSA) is 231 Å². The number of carboxylic acids is 2. The molecule has 0 spiro atoms. The number of aryl methyl sites for hydroxylation is 1. The van der Waals surface area contributed by atoms with Gasteiger partial charge in [-0.15, -0.1) is 0 Å². The Hall–Kier alpha value is -4.75. The summed E-state index contributed by atoms with van der Waals surface area (Å²) >= 11 is 0. The number of likely N-dealkylation sites (tertiary alicyclic amines) is 1. The van der Waals surface area contributed by atoms with E-state index in [0.717, 1.165) is 68.7 Å². The van der Waals surface area contributed by atoms with Crippen molar-refractivity contribution in [3.05, 3.63) is 96.1 Å². The van der Waals surface area contributed by atoms with Crippen LogP contribution in [0, 0.1) is 0 Å². The minimum Gasteiger partial charge on any atom is -0.565 e. The molecule has 15 nitrogen and oxygen atoms in total. The fourth-order valence-corrected chi connectivity index (χ4v) is 6.82. The monoisotopic (exact) mass is 973 g/mol. The van der Waals surface area contributed by atoms with Crippen LogP contribution in [0.5, 0.6) is 0 Å². The quantitative estimate of drug-likeness (QED) is 0.102. The Morgan fingerprint density at radius 2 is 1.38 bits per heavy atom. The van der Waals surface area contributed by atoms with E-state index in [9.17, 15) is 29.4 Å². The number of hydrogen-bond donors (Lipinski definition) is 3. The van der Waals surface area contributed by atoms with Gasteiger partial charge in [-0.1, -0.05) is 61.7 Å². The average Bonchev–Trinajstić information content (AvgIpc) is 3.70. The molecule has 16 heteroatoms. The maximum absolute atomic E-state index is 13.5. The Balaban J connectivity index is 0.00000221. The standard InChI is InChI=1S/C41H56N6O6.CH2O3.Re/c48-38(22-7-2-1-3-14-28-46(30-33-18-8-11-25-42-33)31-34-19-9-12-26-43-34)44-27-13-10-20-35(39(49)47-29-15-21-37(47)41(52)53)45-36(40(50)51)24-23-32-16-5-4-6-17-32;2-1(3)4;/h4-6,8-9,11-12,16-19,25-26,35-37,45H,1-3,7,10,13-15,20-24,27-31H2,(H,44,48)(H,50,51)(H,52,53);(H2,2,3,4);/p-3/t35-,36-,37-;;/m0../s1/i;;1+0. The zero-order valence-electron chi connectivity index (χ0n) is 32.8. The van der Waals surface area contributed by atoms with Gasteiger partial charge in [0.25, 0.3) is 0 Å². The number of hydrogen-bond acceptors (Lipinski definition) is 12. The molecule has 3 atom stereocenters. The molecule has 0 unspecified atom stereocenters. The van der Waals surface area contributed by atoms with Crippen molar-refractivity contribution in [1.29, 1.82) is 0 Å². The van der Waals surface area contributed by atoms with Crippen LogP contribution in [0.1, 0.15) is 94.0 Å². The van der Waals surface area contributed by atoms with Gasteiger partial charge in [-0.2, -0.15) is 0 Å². The van der Waals surface area contributed by atoms with E-state index in [-0.39, 0.29) is 39.3 Å². The molecule has 2 aromatic heterocycles. The van der Waals surface area contributed by atoms with Gasteiger partial charge in [0.1, 0.15) is 0 Å². The van der Waals surface area contributed by atoms with Crippen molar-refractivity contribution in [2.75, 3.05) is 19.6 Å². The largest absolute Gasteiger partial charge is 0.565 e. The van der Waals surface area contributed by atoms with Gasteiger partial charge in [0.2, 0.25) is 18.0 Å². The van der Waals surface area contributed by atoms with E-state index in [1.807, 2.05) is 79.1 Å². The van der Waals surface area contributed by atoms with E-state index in [4.69, 9.17) is 15.0 Å². The summed E-state index contributed by atoms with van der Waals surface area (Å²) in [5, 5.41) is 45.0. The Labute approximate surface area is 354 Å². The van der Waals surface area contributed by atoms with Gasteiger partial charge in [-0.05, 0) is 94.2 Å². The maximum atomic E-state index is 13.5. The smallest absolute Gasteiger partial charge is 0.249 e. The Bertz CT molecular complexity index is 1600. The number of pyridine rings is 2. The molecule has 1 fully saturated rings. The van der Waals surface area contributed by atoms with Crippen LogP contribution in [-0.4, -0.2) is 92.5 Å². The van der Waals surface area contributed by atoms with E-state index in [0.29, 0.717) is 51.5 Å². The fraction of sp³-hybridized carbons (Fsp3) is 0.500. The molecule has 0 saturated carbocycles. The summed E-state index contributed by atoms with van der Waals surface area (Å²) in [5.41, 5.74) is 3.03. The second kappa shape index (κ2) is 28.6. The molecule has 58 heavy (non-hydrogen) atoms. The summed E-state index contributed by atoms with van der Waals surface area (Å²) in [6, 6.07) is 18.4. The van der Waals surface area contributed by atoms with Crippen molar-refractivity contribution >= 4 is 29.9 Å². The van der Waals surface area contributed by atoms with Crippen molar-refractivity contribution in [1.82, 2.24) is 30.4 Å². The number of rotatable bonds is 25. The molecule has 1 saturated heterocycles. The number of nitrogens with one attached hydrogen (secondary N) is 2. The number of unbranched alkanes of at least 4 members (excludes halogenated alkanes) is 5. The van der Waals surface area contributed by atoms with Crippen LogP contribution in [0.2, 0.25) is 0 Å². The van der Waals surface area contributed by atoms with Crippen molar-refractivity contribution in [3.63, 3.8) is 0 Å². The molecule has 4 rings (SSSR count). The number of aliphatic carboxylic acids is 2. The SMILES string of the molecule is O=C(CCCCCCCN(Cc1ccccn1)Cc1ccccn1)NCCCC[C@H](N[C@@H](CCc1ccccc1)C(=O)[O-])C(=O)N1CCC[C@H]1C(=O)[O-].O=C([O-])O.[186Re]. The third kappa shape index (κ3) is 20.1. The zero-order chi connectivity index (χ0) is 41.3. The molecule has 1 aromatic carbocycles. The van der Waals surface area contributed by atoms with Gasteiger partial charge >= 0.3 is 0 Å². The summed E-state index contributed by atoms with van der Waals surface area (Å²) in [6.07, 6.45) is 9.90. The van der Waals surface area contributed by atoms with E-state index in [1.165, 1.54) is 4.90 Å². The van der Waals surface area contributed by atoms with Crippen LogP contribution in [0.25, 0.3) is 0 Å². The van der Waals surface area contributed by atoms with Crippen LogP contribution in [-0.2, 0) is 59.1 Å². The average molecular weight is 974 g/mol. The fourth-order valence-electron chi connectivity index (χ4n) is 6.82. The summed E-state index contributed by atoms with van der Waals surface area (Å²) < 4.78 is 0. The van der Waals surface area contributed by atoms with Crippen LogP contribution >= 0.6 is 0 Å². The molecule has 1 aliphatic rings. The van der Waals surface area contributed by atoms with E-state index in [1.54, 1.807) is 0 Å². The molecular formula is C42H55N6O9Re-3. The molecule has 3 N–H and O–H groups in total. The normalized spacial score (nSPS) is 14.4. The first-order valence-corrected chi connectivity index (χ1v) is 19.7. The number of carboxylic acid groups (broad SMARTS) is 4. The van der Waals surface area contributed by atoms with Gasteiger partial charge in [-0.25, -0.2) is 0 Å². The summed E-state index contributed by atoms with van der Waals surface area (Å²) in [6.45, 7) is 3.18. The minimum atomic E-state index is -2.08. The number of aromatic nitrogens is 2. The second-order valence-electron chi connectivity index (χ2n) is 14.1. The van der Waals surface area contributed by atoms with Crippen LogP contribution in [0.3, 0.4) is 0 Å². The Morgan fingerprint density at radius 3 is 1.97 bits per heavy atom. The summed E-state index contributed by atoms with van der Waals surface area (Å²) in [4.78, 5) is 70.9. The third-order valence-electron chi connectivity index (χ3n) is 9.70. The van der Waals surface area contributed by atoms with Crippen molar-refractivity contribution in [3.8, 4) is 0 Å². The van der Waals surface area contributed by atoms with E-state index >= 15 is 0 Å². The Morgan fingerprint density at radius 1 is 0.776 bits per heavy atom. The number of amides is 2. The minimum absolute atomic E-state index is 0. The van der Waals surface area contributed by atoms with Gasteiger partial charge in [0.15, 0.2) is 0 Å². The first-order valence-electron chi connectivity index (χ1n) is 19.7. The molecule has 3 aromatic rings. The second-order valence-corrected chi connectivity index (χ2v) is 14.1. The Kier molecular flexibility index (Phi) is 24.4. The molecule has 1 aliphatic heterocycles. The predicted molar refractivity (Wildman–Crippen MR) is 205 cm³/mol. The van der Waals surface area contributed by atoms with E-state index < -0.39 is 42.1 Å². The van der Waals surface area contributed by atoms with Crippen LogP contribution in [0.4, 0.5) is 4.79 Å². The molecular weight excluding hydrogens is 918 g/mol. The predicted octanol–water partition coefficient (Wildman–Crippen LogP) is 1.44. The zero-order valence-corrected chi connectivity index (χ0v) is 35.6. The molecule has 317 valence electrons. The van der Waals surface area contributed by atoms with Crippen molar-refractivity contribution in [2.45, 2.75) is 115 Å². The van der Waals surface area contributed by atoms with Crippen molar-refractivity contribution < 1.29 is 64.8 Å². The number of nitrogens with zero attached hydrogens (tertiary/aromatic N) is 4. The molecule has 2 amide bonds. The first-order chi connectivity index (χ1) is 27.5. The molecule has 0 bridgehead atoms. The molecule has 3 heterocycles. The van der Waals surface area contributed by atoms with Crippen molar-refractivity contribution in [2.24, 2.45) is 0 Å². The van der Waals surface area contributed by atoms with Crippen LogP contribution in [0.15, 0.2) is 79.1 Å². The molecule has 0 aliphatic carbocycles.